The summed E-state index contributed by atoms with van der Waals surface area (Å²) in [5.41, 5.74) is 0.640. The predicted molar refractivity (Wildman–Crippen MR) is 77.8 cm³/mol. The van der Waals surface area contributed by atoms with Crippen molar-refractivity contribution in [1.82, 2.24) is 4.90 Å². The van der Waals surface area contributed by atoms with Crippen molar-refractivity contribution < 1.29 is 18.0 Å². The monoisotopic (exact) mass is 363 g/mol. The molecule has 6 heteroatoms. The summed E-state index contributed by atoms with van der Waals surface area (Å²) in [6.07, 6.45) is -2.20. The van der Waals surface area contributed by atoms with E-state index >= 15 is 0 Å². The van der Waals surface area contributed by atoms with Crippen LogP contribution in [0.15, 0.2) is 22.7 Å². The van der Waals surface area contributed by atoms with Gasteiger partial charge in [0.05, 0.1) is 0 Å². The standard InChI is InChI=1S/C15H17BrF3NO/c1-9-8-11(16)6-7-12(9)13(15(17,18)19)20(2)14(21)10-4-3-5-10/h6-8,10,13H,3-5H2,1-2H3/t13-/m0/s1. The molecule has 1 aliphatic carbocycles. The predicted octanol–water partition coefficient (Wildman–Crippen LogP) is 4.62. The first-order valence-corrected chi connectivity index (χ1v) is 7.60. The van der Waals surface area contributed by atoms with Crippen molar-refractivity contribution in [3.05, 3.63) is 33.8 Å². The van der Waals surface area contributed by atoms with E-state index in [0.29, 0.717) is 18.4 Å². The average Bonchev–Trinajstić information content (AvgIpc) is 2.28. The van der Waals surface area contributed by atoms with Crippen molar-refractivity contribution in [1.29, 1.82) is 0 Å². The number of hydrogen-bond acceptors (Lipinski definition) is 1. The molecule has 0 aromatic heterocycles. The number of aryl methyl sites for hydroxylation is 1. The topological polar surface area (TPSA) is 20.3 Å². The fourth-order valence-electron chi connectivity index (χ4n) is 2.62. The van der Waals surface area contributed by atoms with Crippen LogP contribution in [0.2, 0.25) is 0 Å². The van der Waals surface area contributed by atoms with Gasteiger partial charge in [-0.3, -0.25) is 4.79 Å². The highest BCUT2D eigenvalue weighted by molar-refractivity contribution is 9.10. The Hall–Kier alpha value is -1.04. The van der Waals surface area contributed by atoms with E-state index in [1.807, 2.05) is 0 Å². The zero-order valence-corrected chi connectivity index (χ0v) is 13.5. The van der Waals surface area contributed by atoms with Crippen molar-refractivity contribution in [2.45, 2.75) is 38.4 Å². The second-order valence-electron chi connectivity index (χ2n) is 5.52. The zero-order valence-electron chi connectivity index (χ0n) is 11.9. The largest absolute Gasteiger partial charge is 0.413 e. The van der Waals surface area contributed by atoms with Gasteiger partial charge in [0.25, 0.3) is 0 Å². The van der Waals surface area contributed by atoms with E-state index in [1.54, 1.807) is 19.1 Å². The van der Waals surface area contributed by atoms with E-state index in [-0.39, 0.29) is 11.5 Å². The number of alkyl halides is 3. The summed E-state index contributed by atoms with van der Waals surface area (Å²) in [6.45, 7) is 1.63. The number of carbonyl (C=O) groups excluding carboxylic acids is 1. The molecule has 1 fully saturated rings. The van der Waals surface area contributed by atoms with E-state index in [0.717, 1.165) is 15.8 Å². The van der Waals surface area contributed by atoms with Gasteiger partial charge in [-0.15, -0.1) is 0 Å². The van der Waals surface area contributed by atoms with E-state index in [1.165, 1.54) is 13.1 Å². The molecule has 1 aliphatic rings. The summed E-state index contributed by atoms with van der Waals surface area (Å²) in [7, 11) is 1.25. The van der Waals surface area contributed by atoms with Crippen LogP contribution >= 0.6 is 15.9 Å². The molecule has 0 spiro atoms. The summed E-state index contributed by atoms with van der Waals surface area (Å²) in [6, 6.07) is 2.75. The average molecular weight is 364 g/mol. The third-order valence-electron chi connectivity index (χ3n) is 4.03. The van der Waals surface area contributed by atoms with Crippen molar-refractivity contribution in [2.75, 3.05) is 7.05 Å². The van der Waals surface area contributed by atoms with Crippen molar-refractivity contribution in [3.8, 4) is 0 Å². The SMILES string of the molecule is Cc1cc(Br)ccc1[C@H](N(C)C(=O)C1CCC1)C(F)(F)F. The second kappa shape index (κ2) is 5.99. The summed E-state index contributed by atoms with van der Waals surface area (Å²) >= 11 is 3.24. The lowest BCUT2D eigenvalue weighted by molar-refractivity contribution is -0.191. The Morgan fingerprint density at radius 1 is 1.38 bits per heavy atom. The van der Waals surface area contributed by atoms with Gasteiger partial charge < -0.3 is 4.90 Å². The van der Waals surface area contributed by atoms with Crippen LogP contribution in [0.4, 0.5) is 13.2 Å². The van der Waals surface area contributed by atoms with Gasteiger partial charge in [-0.25, -0.2) is 0 Å². The van der Waals surface area contributed by atoms with Gasteiger partial charge in [0, 0.05) is 17.4 Å². The number of amides is 1. The van der Waals surface area contributed by atoms with Crippen LogP contribution in [-0.2, 0) is 4.79 Å². The molecule has 21 heavy (non-hydrogen) atoms. The molecule has 0 heterocycles. The lowest BCUT2D eigenvalue weighted by atomic mass is 9.84. The fourth-order valence-corrected chi connectivity index (χ4v) is 3.10. The van der Waals surface area contributed by atoms with Gasteiger partial charge in [-0.1, -0.05) is 28.4 Å². The molecule has 0 aliphatic heterocycles. The molecule has 0 radical (unpaired) electrons. The maximum atomic E-state index is 13.5. The Balaban J connectivity index is 2.36. The summed E-state index contributed by atoms with van der Waals surface area (Å²) in [4.78, 5) is 13.0. The third-order valence-corrected chi connectivity index (χ3v) is 4.52. The summed E-state index contributed by atoms with van der Waals surface area (Å²) < 4.78 is 41.2. The minimum atomic E-state index is -4.49. The Bertz CT molecular complexity index is 540. The molecule has 0 bridgehead atoms. The molecule has 2 nitrogen and oxygen atoms in total. The van der Waals surface area contributed by atoms with Gasteiger partial charge in [0.1, 0.15) is 0 Å². The lowest BCUT2D eigenvalue weighted by Crippen LogP contribution is -2.44. The highest BCUT2D eigenvalue weighted by atomic mass is 79.9. The maximum Gasteiger partial charge on any atom is 0.413 e. The molecular formula is C15H17BrF3NO. The Morgan fingerprint density at radius 2 is 2.00 bits per heavy atom. The number of rotatable bonds is 3. The first kappa shape index (κ1) is 16.3. The first-order valence-electron chi connectivity index (χ1n) is 6.81. The van der Waals surface area contributed by atoms with Gasteiger partial charge >= 0.3 is 6.18 Å². The molecule has 116 valence electrons. The van der Waals surface area contributed by atoms with E-state index in [9.17, 15) is 18.0 Å². The van der Waals surface area contributed by atoms with Crippen molar-refractivity contribution in [3.63, 3.8) is 0 Å². The van der Waals surface area contributed by atoms with Crippen LogP contribution in [0, 0.1) is 12.8 Å². The van der Waals surface area contributed by atoms with Crippen molar-refractivity contribution >= 4 is 21.8 Å². The Kier molecular flexibility index (Phi) is 4.66. The molecule has 1 aromatic carbocycles. The van der Waals surface area contributed by atoms with Crippen LogP contribution in [0.3, 0.4) is 0 Å². The minimum absolute atomic E-state index is 0.126. The first-order chi connectivity index (χ1) is 9.71. The molecular weight excluding hydrogens is 347 g/mol. The van der Waals surface area contributed by atoms with Crippen LogP contribution in [0.25, 0.3) is 0 Å². The number of hydrogen-bond donors (Lipinski definition) is 0. The normalized spacial score (nSPS) is 17.2. The zero-order chi connectivity index (χ0) is 15.8. The van der Waals surface area contributed by atoms with E-state index < -0.39 is 18.1 Å². The second-order valence-corrected chi connectivity index (χ2v) is 6.44. The molecule has 0 unspecified atom stereocenters. The van der Waals surface area contributed by atoms with Crippen LogP contribution in [0.5, 0.6) is 0 Å². The number of nitrogens with zero attached hydrogens (tertiary/aromatic N) is 1. The number of benzene rings is 1. The molecule has 2 rings (SSSR count). The Labute approximate surface area is 130 Å². The number of halogens is 4. The molecule has 1 atom stereocenters. The summed E-state index contributed by atoms with van der Waals surface area (Å²) in [5, 5.41) is 0. The van der Waals surface area contributed by atoms with Gasteiger partial charge in [0.15, 0.2) is 6.04 Å². The third kappa shape index (κ3) is 3.42. The van der Waals surface area contributed by atoms with Crippen LogP contribution in [-0.4, -0.2) is 24.0 Å². The van der Waals surface area contributed by atoms with Gasteiger partial charge in [-0.2, -0.15) is 13.2 Å². The van der Waals surface area contributed by atoms with Gasteiger partial charge in [-0.05, 0) is 43.0 Å². The fraction of sp³-hybridized carbons (Fsp3) is 0.533. The highest BCUT2D eigenvalue weighted by Crippen LogP contribution is 2.41. The van der Waals surface area contributed by atoms with Crippen LogP contribution in [0.1, 0.15) is 36.4 Å². The quantitative estimate of drug-likeness (QED) is 0.767. The molecule has 1 saturated carbocycles. The summed E-state index contributed by atoms with van der Waals surface area (Å²) in [5.74, 6) is -0.665. The molecule has 1 amide bonds. The molecule has 0 N–H and O–H groups in total. The smallest absolute Gasteiger partial charge is 0.330 e. The molecule has 1 aromatic rings. The minimum Gasteiger partial charge on any atom is -0.330 e. The highest BCUT2D eigenvalue weighted by Gasteiger charge is 2.47. The van der Waals surface area contributed by atoms with Crippen LogP contribution < -0.4 is 0 Å². The number of carbonyl (C=O) groups is 1. The van der Waals surface area contributed by atoms with Gasteiger partial charge in [0.2, 0.25) is 5.91 Å². The molecule has 0 saturated heterocycles. The van der Waals surface area contributed by atoms with E-state index in [2.05, 4.69) is 15.9 Å². The van der Waals surface area contributed by atoms with E-state index in [4.69, 9.17) is 0 Å². The maximum absolute atomic E-state index is 13.5. The van der Waals surface area contributed by atoms with Crippen molar-refractivity contribution in [2.24, 2.45) is 5.92 Å². The lowest BCUT2D eigenvalue weighted by Gasteiger charge is -2.36. The Morgan fingerprint density at radius 3 is 2.43 bits per heavy atom.